The summed E-state index contributed by atoms with van der Waals surface area (Å²) in [4.78, 5) is 16.8. The van der Waals surface area contributed by atoms with E-state index in [0.717, 1.165) is 25.9 Å². The summed E-state index contributed by atoms with van der Waals surface area (Å²) in [5, 5.41) is 0. The first-order chi connectivity index (χ1) is 9.31. The summed E-state index contributed by atoms with van der Waals surface area (Å²) in [6.45, 7) is 7.40. The molecule has 0 aromatic carbocycles. The van der Waals surface area contributed by atoms with Gasteiger partial charge < -0.3 is 14.5 Å². The van der Waals surface area contributed by atoms with Crippen molar-refractivity contribution in [2.45, 2.75) is 51.5 Å². The molecule has 0 saturated carbocycles. The molecular formula is C15H28N2O2. The minimum atomic E-state index is 0.188. The van der Waals surface area contributed by atoms with Crippen LogP contribution < -0.4 is 0 Å². The Morgan fingerprint density at radius 1 is 1.16 bits per heavy atom. The van der Waals surface area contributed by atoms with Crippen molar-refractivity contribution in [3.8, 4) is 0 Å². The van der Waals surface area contributed by atoms with Gasteiger partial charge in [0.1, 0.15) is 6.61 Å². The number of carbonyl (C=O) groups excluding carboxylic acids is 1. The Bertz CT molecular complexity index is 277. The molecule has 2 heterocycles. The Morgan fingerprint density at radius 2 is 1.89 bits per heavy atom. The van der Waals surface area contributed by atoms with Gasteiger partial charge >= 0.3 is 0 Å². The van der Waals surface area contributed by atoms with Crippen molar-refractivity contribution in [2.24, 2.45) is 0 Å². The van der Waals surface area contributed by atoms with E-state index in [1.54, 1.807) is 0 Å². The lowest BCUT2D eigenvalue weighted by atomic mass is 9.99. The molecule has 0 bridgehead atoms. The average molecular weight is 268 g/mol. The highest BCUT2D eigenvalue weighted by Crippen LogP contribution is 2.21. The molecule has 4 heteroatoms. The number of nitrogens with zero attached hydrogens (tertiary/aromatic N) is 2. The van der Waals surface area contributed by atoms with E-state index < -0.39 is 0 Å². The third-order valence-electron chi connectivity index (χ3n) is 4.35. The number of piperidine rings is 1. The highest BCUT2D eigenvalue weighted by molar-refractivity contribution is 5.77. The molecule has 0 aromatic heterocycles. The molecule has 1 amide bonds. The van der Waals surface area contributed by atoms with Gasteiger partial charge in [0.15, 0.2) is 0 Å². The number of hydrogen-bond donors (Lipinski definition) is 0. The lowest BCUT2D eigenvalue weighted by Gasteiger charge is -2.36. The van der Waals surface area contributed by atoms with Crippen molar-refractivity contribution < 1.29 is 9.53 Å². The summed E-state index contributed by atoms with van der Waals surface area (Å²) in [7, 11) is 0. The third kappa shape index (κ3) is 4.46. The summed E-state index contributed by atoms with van der Waals surface area (Å²) < 4.78 is 5.27. The van der Waals surface area contributed by atoms with E-state index in [1.165, 1.54) is 38.8 Å². The molecule has 2 aliphatic rings. The molecule has 19 heavy (non-hydrogen) atoms. The summed E-state index contributed by atoms with van der Waals surface area (Å²) in [5.41, 5.74) is 0. The standard InChI is InChI=1S/C15H28N2O2/c1-2-19-13-15(18)17-11-4-3-7-14(17)8-12-16-9-5-6-10-16/h14H,2-13H2,1H3/t14-/m0/s1. The van der Waals surface area contributed by atoms with Crippen molar-refractivity contribution in [3.05, 3.63) is 0 Å². The number of hydrogen-bond acceptors (Lipinski definition) is 3. The van der Waals surface area contributed by atoms with Gasteiger partial charge in [0.25, 0.3) is 0 Å². The van der Waals surface area contributed by atoms with E-state index in [9.17, 15) is 4.79 Å². The minimum Gasteiger partial charge on any atom is -0.372 e. The second kappa shape index (κ2) is 7.85. The Balaban J connectivity index is 1.79. The highest BCUT2D eigenvalue weighted by atomic mass is 16.5. The fourth-order valence-corrected chi connectivity index (χ4v) is 3.24. The molecule has 0 N–H and O–H groups in total. The quantitative estimate of drug-likeness (QED) is 0.737. The summed E-state index contributed by atoms with van der Waals surface area (Å²) in [6, 6.07) is 0.447. The van der Waals surface area contributed by atoms with Gasteiger partial charge in [0.2, 0.25) is 5.91 Å². The van der Waals surface area contributed by atoms with Crippen molar-refractivity contribution >= 4 is 5.91 Å². The predicted octanol–water partition coefficient (Wildman–Crippen LogP) is 1.89. The van der Waals surface area contributed by atoms with Crippen molar-refractivity contribution in [2.75, 3.05) is 39.4 Å². The lowest BCUT2D eigenvalue weighted by molar-refractivity contribution is -0.139. The fourth-order valence-electron chi connectivity index (χ4n) is 3.24. The van der Waals surface area contributed by atoms with Crippen LogP contribution in [0.25, 0.3) is 0 Å². The summed E-state index contributed by atoms with van der Waals surface area (Å²) in [5.74, 6) is 0.188. The van der Waals surface area contributed by atoms with Crippen molar-refractivity contribution in [1.29, 1.82) is 0 Å². The van der Waals surface area contributed by atoms with E-state index in [4.69, 9.17) is 4.74 Å². The van der Waals surface area contributed by atoms with Crippen LogP contribution in [0.5, 0.6) is 0 Å². The Hall–Kier alpha value is -0.610. The first-order valence-corrected chi connectivity index (χ1v) is 7.91. The number of likely N-dealkylation sites (tertiary alicyclic amines) is 2. The molecule has 110 valence electrons. The topological polar surface area (TPSA) is 32.8 Å². The van der Waals surface area contributed by atoms with Crippen LogP contribution in [0.2, 0.25) is 0 Å². The normalized spacial score (nSPS) is 24.9. The van der Waals surface area contributed by atoms with Crippen LogP contribution >= 0.6 is 0 Å². The van der Waals surface area contributed by atoms with Crippen LogP contribution in [-0.2, 0) is 9.53 Å². The van der Waals surface area contributed by atoms with Gasteiger partial charge in [0.05, 0.1) is 0 Å². The van der Waals surface area contributed by atoms with Crippen molar-refractivity contribution in [3.63, 3.8) is 0 Å². The van der Waals surface area contributed by atoms with E-state index in [2.05, 4.69) is 9.80 Å². The zero-order valence-electron chi connectivity index (χ0n) is 12.3. The smallest absolute Gasteiger partial charge is 0.248 e. The largest absolute Gasteiger partial charge is 0.372 e. The Kier molecular flexibility index (Phi) is 6.11. The Labute approximate surface area is 117 Å². The molecule has 2 saturated heterocycles. The van der Waals surface area contributed by atoms with Gasteiger partial charge in [-0.3, -0.25) is 4.79 Å². The van der Waals surface area contributed by atoms with Crippen LogP contribution in [-0.4, -0.2) is 61.1 Å². The highest BCUT2D eigenvalue weighted by Gasteiger charge is 2.27. The second-order valence-electron chi connectivity index (χ2n) is 5.71. The fraction of sp³-hybridized carbons (Fsp3) is 0.933. The van der Waals surface area contributed by atoms with Crippen molar-refractivity contribution in [1.82, 2.24) is 9.80 Å². The van der Waals surface area contributed by atoms with Gasteiger partial charge in [-0.1, -0.05) is 0 Å². The van der Waals surface area contributed by atoms with Gasteiger partial charge in [-0.2, -0.15) is 0 Å². The van der Waals surface area contributed by atoms with Crippen LogP contribution in [0, 0.1) is 0 Å². The molecule has 0 spiro atoms. The molecule has 0 aromatic rings. The molecule has 2 fully saturated rings. The Morgan fingerprint density at radius 3 is 2.63 bits per heavy atom. The summed E-state index contributed by atoms with van der Waals surface area (Å²) >= 11 is 0. The predicted molar refractivity (Wildman–Crippen MR) is 76.1 cm³/mol. The van der Waals surface area contributed by atoms with E-state index in [0.29, 0.717) is 12.6 Å². The average Bonchev–Trinajstić information content (AvgIpc) is 2.96. The first kappa shape index (κ1) is 14.8. The maximum absolute atomic E-state index is 12.2. The van der Waals surface area contributed by atoms with Crippen LogP contribution in [0.4, 0.5) is 0 Å². The maximum atomic E-state index is 12.2. The number of ether oxygens (including phenoxy) is 1. The van der Waals surface area contributed by atoms with E-state index in [1.807, 2.05) is 6.92 Å². The lowest BCUT2D eigenvalue weighted by Crippen LogP contribution is -2.46. The maximum Gasteiger partial charge on any atom is 0.248 e. The van der Waals surface area contributed by atoms with Gasteiger partial charge in [0, 0.05) is 25.7 Å². The van der Waals surface area contributed by atoms with Gasteiger partial charge in [-0.15, -0.1) is 0 Å². The number of amides is 1. The molecular weight excluding hydrogens is 240 g/mol. The monoisotopic (exact) mass is 268 g/mol. The molecule has 4 nitrogen and oxygen atoms in total. The number of carbonyl (C=O) groups is 1. The molecule has 0 aliphatic carbocycles. The zero-order valence-corrected chi connectivity index (χ0v) is 12.3. The molecule has 2 rings (SSSR count). The first-order valence-electron chi connectivity index (χ1n) is 7.91. The number of rotatable bonds is 6. The van der Waals surface area contributed by atoms with Gasteiger partial charge in [-0.25, -0.2) is 0 Å². The van der Waals surface area contributed by atoms with Crippen LogP contribution in [0.15, 0.2) is 0 Å². The zero-order chi connectivity index (χ0) is 13.5. The molecule has 0 radical (unpaired) electrons. The third-order valence-corrected chi connectivity index (χ3v) is 4.35. The van der Waals surface area contributed by atoms with Crippen LogP contribution in [0.3, 0.4) is 0 Å². The molecule has 2 aliphatic heterocycles. The van der Waals surface area contributed by atoms with Gasteiger partial charge in [-0.05, 0) is 58.5 Å². The minimum absolute atomic E-state index is 0.188. The van der Waals surface area contributed by atoms with E-state index in [-0.39, 0.29) is 12.5 Å². The van der Waals surface area contributed by atoms with Crippen LogP contribution in [0.1, 0.15) is 45.4 Å². The summed E-state index contributed by atoms with van der Waals surface area (Å²) in [6.07, 6.45) is 7.42. The SMILES string of the molecule is CCOCC(=O)N1CCCC[C@H]1CCN1CCCC1. The molecule has 1 atom stereocenters. The second-order valence-corrected chi connectivity index (χ2v) is 5.71. The van der Waals surface area contributed by atoms with E-state index >= 15 is 0 Å². The molecule has 0 unspecified atom stereocenters.